The van der Waals surface area contributed by atoms with Gasteiger partial charge in [-0.2, -0.15) is 36.1 Å². The molecule has 4 aliphatic rings. The highest BCUT2D eigenvalue weighted by Crippen LogP contribution is 2.52. The molecule has 2 N–H and O–H groups in total. The molecular formula is C50H44F6N4O14S. The highest BCUT2D eigenvalue weighted by atomic mass is 32.2. The number of methoxy groups -OCH3 is 2. The maximum atomic E-state index is 15.9. The van der Waals surface area contributed by atoms with Gasteiger partial charge in [-0.05, 0) is 70.8 Å². The number of hydrogen-bond acceptors (Lipinski definition) is 13. The van der Waals surface area contributed by atoms with E-state index in [1.54, 1.807) is 0 Å². The van der Waals surface area contributed by atoms with E-state index in [0.29, 0.717) is 11.1 Å². The van der Waals surface area contributed by atoms with Gasteiger partial charge in [-0.3, -0.25) is 19.4 Å². The van der Waals surface area contributed by atoms with Crippen molar-refractivity contribution in [3.63, 3.8) is 0 Å². The van der Waals surface area contributed by atoms with Crippen LogP contribution >= 0.6 is 11.8 Å². The molecular weight excluding hydrogens is 1030 g/mol. The van der Waals surface area contributed by atoms with Crippen LogP contribution in [-0.4, -0.2) is 145 Å². The highest BCUT2D eigenvalue weighted by Gasteiger charge is 2.43. The fourth-order valence-electron chi connectivity index (χ4n) is 9.08. The third-order valence-corrected chi connectivity index (χ3v) is 13.8. The summed E-state index contributed by atoms with van der Waals surface area (Å²) in [5, 5.41) is 19.7. The molecule has 8 rings (SSSR count). The molecule has 0 saturated carbocycles. The van der Waals surface area contributed by atoms with Crippen molar-refractivity contribution in [1.82, 2.24) is 19.6 Å². The molecule has 4 heterocycles. The number of benzene rings is 4. The van der Waals surface area contributed by atoms with Crippen LogP contribution in [0.15, 0.2) is 82.6 Å². The Labute approximate surface area is 426 Å². The zero-order valence-corrected chi connectivity index (χ0v) is 40.4. The van der Waals surface area contributed by atoms with Crippen LogP contribution in [-0.2, 0) is 63.6 Å². The van der Waals surface area contributed by atoms with Crippen LogP contribution in [0.3, 0.4) is 0 Å². The number of hydrogen-bond donors (Lipinski definition) is 2. The fourth-order valence-corrected chi connectivity index (χ4v) is 10.2. The predicted molar refractivity (Wildman–Crippen MR) is 251 cm³/mol. The summed E-state index contributed by atoms with van der Waals surface area (Å²) in [6.07, 6.45) is -7.98. The third-order valence-electron chi connectivity index (χ3n) is 12.7. The summed E-state index contributed by atoms with van der Waals surface area (Å²) in [4.78, 5) is 99.1. The Morgan fingerprint density at radius 2 is 1.00 bits per heavy atom. The van der Waals surface area contributed by atoms with Crippen LogP contribution in [0.5, 0.6) is 11.5 Å². The minimum absolute atomic E-state index is 0.0481. The number of alkyl halides is 6. The lowest BCUT2D eigenvalue weighted by Gasteiger charge is -2.37. The first kappa shape index (κ1) is 53.5. The lowest BCUT2D eigenvalue weighted by atomic mass is 9.91. The van der Waals surface area contributed by atoms with E-state index >= 15 is 26.3 Å². The maximum Gasteiger partial charge on any atom is 0.418 e. The number of fused-ring (bicyclic) bond motifs is 2. The van der Waals surface area contributed by atoms with E-state index in [0.717, 1.165) is 70.3 Å². The summed E-state index contributed by atoms with van der Waals surface area (Å²) in [7, 11) is 2.11. The quantitative estimate of drug-likeness (QED) is 0.0886. The first-order valence-electron chi connectivity index (χ1n) is 22.8. The third kappa shape index (κ3) is 11.5. The van der Waals surface area contributed by atoms with Gasteiger partial charge in [0.2, 0.25) is 11.8 Å². The van der Waals surface area contributed by atoms with Gasteiger partial charge < -0.3 is 39.3 Å². The van der Waals surface area contributed by atoms with Gasteiger partial charge in [0.15, 0.2) is 23.6 Å². The van der Waals surface area contributed by atoms with Crippen LogP contribution in [0, 0.1) is 0 Å². The summed E-state index contributed by atoms with van der Waals surface area (Å²) in [6.45, 7) is -1.66. The van der Waals surface area contributed by atoms with Crippen molar-refractivity contribution in [2.24, 2.45) is 0 Å². The van der Waals surface area contributed by atoms with E-state index in [1.165, 1.54) is 48.5 Å². The molecule has 4 amide bonds. The molecule has 75 heavy (non-hydrogen) atoms. The van der Waals surface area contributed by atoms with E-state index in [-0.39, 0.29) is 97.7 Å². The van der Waals surface area contributed by atoms with E-state index < -0.39 is 106 Å². The van der Waals surface area contributed by atoms with Crippen molar-refractivity contribution in [3.05, 3.63) is 106 Å². The van der Waals surface area contributed by atoms with Crippen LogP contribution in [0.1, 0.15) is 33.4 Å². The number of ether oxygens (including phenoxy) is 2. The second kappa shape index (κ2) is 22.0. The molecule has 18 nitrogen and oxygen atoms in total. The van der Waals surface area contributed by atoms with E-state index in [1.807, 2.05) is 0 Å². The molecule has 2 fully saturated rings. The monoisotopic (exact) mass is 1070 g/mol. The molecule has 4 aromatic rings. The Morgan fingerprint density at radius 3 is 1.36 bits per heavy atom. The topological polar surface area (TPSA) is 211 Å². The lowest BCUT2D eigenvalue weighted by molar-refractivity contribution is -0.215. The van der Waals surface area contributed by atoms with Crippen molar-refractivity contribution < 1.29 is 94.3 Å². The zero-order chi connectivity index (χ0) is 53.9. The first-order valence-corrected chi connectivity index (χ1v) is 23.6. The van der Waals surface area contributed by atoms with Crippen LogP contribution in [0.4, 0.5) is 35.9 Å². The van der Waals surface area contributed by atoms with E-state index in [4.69, 9.17) is 19.6 Å². The van der Waals surface area contributed by atoms with Crippen LogP contribution in [0.25, 0.3) is 34.4 Å². The Hall–Kier alpha value is -7.77. The number of halogens is 6. The summed E-state index contributed by atoms with van der Waals surface area (Å²) in [5.74, 6) is -4.09. The number of aliphatic carboxylic acids is 2. The zero-order valence-electron chi connectivity index (χ0n) is 39.6. The van der Waals surface area contributed by atoms with Crippen molar-refractivity contribution in [2.75, 3.05) is 66.7 Å². The SMILES string of the molecule is COC(=O)N1CCN(C(=O)C=Cc2ccc(Sc3ccc(C=CC(=O)N4CCN(C(=O)OC)C(C(=O)O)C4)c(-c4ccc5c(c4)CCOO5)c3C(F)(F)F)c(C(F)(F)F)c2-c2ccc3c(c2)CCOO3)CC1C(=O)O. The largest absolute Gasteiger partial charge is 0.480 e. The average Bonchev–Trinajstić information content (AvgIpc) is 3.40. The fraction of sp³-hybridized carbons (Fsp3) is 0.320. The van der Waals surface area contributed by atoms with Crippen molar-refractivity contribution >= 4 is 59.9 Å². The standard InChI is InChI=1S/C50H44F6N4O14S/c1-69-47(67)59-19-17-57(25-33(59)45(63)64)39(61)13-7-27-5-11-37(43(49(51,52)53)41(27)31-3-9-35-29(23-31)15-21-71-73-35)75-38-12-6-28(8-14-40(62)58-18-20-60(48(68)70-2)34(26-58)46(65)66)42(44(38)50(54,55)56)32-4-10-36-30(24-32)16-22-72-74-36/h3-14,23-24,33-34H,15-22,25-26H2,1-2H3,(H,63,64)(H,65,66). The number of carbonyl (C=O) groups is 6. The van der Waals surface area contributed by atoms with E-state index in [2.05, 4.69) is 9.47 Å². The second-order valence-electron chi connectivity index (χ2n) is 17.1. The van der Waals surface area contributed by atoms with Gasteiger partial charge in [0.05, 0.1) is 51.6 Å². The number of nitrogens with zero attached hydrogens (tertiary/aromatic N) is 4. The van der Waals surface area contributed by atoms with Gasteiger partial charge in [0, 0.05) is 83.2 Å². The smallest absolute Gasteiger partial charge is 0.418 e. The van der Waals surface area contributed by atoms with E-state index in [9.17, 15) is 39.0 Å². The Bertz CT molecular complexity index is 2810. The highest BCUT2D eigenvalue weighted by molar-refractivity contribution is 7.99. The number of carbonyl (C=O) groups excluding carboxylic acids is 4. The van der Waals surface area contributed by atoms with Gasteiger partial charge in [-0.25, -0.2) is 19.2 Å². The molecule has 25 heteroatoms. The van der Waals surface area contributed by atoms with Gasteiger partial charge in [-0.1, -0.05) is 36.0 Å². The maximum absolute atomic E-state index is 15.9. The second-order valence-corrected chi connectivity index (χ2v) is 18.2. The number of amides is 4. The van der Waals surface area contributed by atoms with Gasteiger partial charge in [0.1, 0.15) is 0 Å². The molecule has 0 radical (unpaired) electrons. The first-order chi connectivity index (χ1) is 35.7. The summed E-state index contributed by atoms with van der Waals surface area (Å²) < 4.78 is 105. The minimum Gasteiger partial charge on any atom is -0.480 e. The lowest BCUT2D eigenvalue weighted by Crippen LogP contribution is -2.59. The number of rotatable bonds is 10. The molecule has 2 unspecified atom stereocenters. The Kier molecular flexibility index (Phi) is 15.7. The van der Waals surface area contributed by atoms with Crippen LogP contribution < -0.4 is 9.78 Å². The Balaban J connectivity index is 1.24. The molecule has 4 aliphatic heterocycles. The summed E-state index contributed by atoms with van der Waals surface area (Å²) >= 11 is 0.172. The normalized spacial score (nSPS) is 18.0. The molecule has 2 atom stereocenters. The molecule has 0 aliphatic carbocycles. The molecule has 2 saturated heterocycles. The van der Waals surface area contributed by atoms with Gasteiger partial charge in [0.25, 0.3) is 0 Å². The number of piperazine rings is 2. The van der Waals surface area contributed by atoms with Crippen molar-refractivity contribution in [2.45, 2.75) is 47.1 Å². The average molecular weight is 1070 g/mol. The predicted octanol–water partition coefficient (Wildman–Crippen LogP) is 7.70. The number of carboxylic acid groups (broad SMARTS) is 2. The van der Waals surface area contributed by atoms with Gasteiger partial charge in [-0.15, -0.1) is 0 Å². The van der Waals surface area contributed by atoms with Crippen molar-refractivity contribution in [3.8, 4) is 33.8 Å². The summed E-state index contributed by atoms with van der Waals surface area (Å²) in [5.41, 5.74) is -3.39. The van der Waals surface area contributed by atoms with Gasteiger partial charge >= 0.3 is 36.5 Å². The molecule has 396 valence electrons. The molecule has 0 bridgehead atoms. The summed E-state index contributed by atoms with van der Waals surface area (Å²) in [6, 6.07) is 9.47. The van der Waals surface area contributed by atoms with Crippen molar-refractivity contribution in [1.29, 1.82) is 0 Å². The number of carboxylic acids is 2. The molecule has 4 aromatic carbocycles. The Morgan fingerprint density at radius 1 is 0.600 bits per heavy atom. The van der Waals surface area contributed by atoms with Crippen LogP contribution in [0.2, 0.25) is 0 Å². The molecule has 0 spiro atoms. The molecule has 0 aromatic heterocycles. The minimum atomic E-state index is -5.27.